The fourth-order valence-corrected chi connectivity index (χ4v) is 2.18. The molecule has 0 radical (unpaired) electrons. The van der Waals surface area contributed by atoms with Crippen LogP contribution in [0.4, 0.5) is 11.6 Å². The van der Waals surface area contributed by atoms with Crippen LogP contribution in [-0.4, -0.2) is 36.3 Å². The molecule has 0 amide bonds. The smallest absolute Gasteiger partial charge is 0.146 e. The molecule has 17 heavy (non-hydrogen) atoms. The van der Waals surface area contributed by atoms with Crippen molar-refractivity contribution >= 4 is 11.6 Å². The summed E-state index contributed by atoms with van der Waals surface area (Å²) < 4.78 is 5.66. The molecule has 5 nitrogen and oxygen atoms in total. The van der Waals surface area contributed by atoms with Gasteiger partial charge in [0.2, 0.25) is 0 Å². The number of hydrogen-bond donors (Lipinski definition) is 2. The second-order valence-corrected chi connectivity index (χ2v) is 4.29. The normalized spacial score (nSPS) is 23.6. The summed E-state index contributed by atoms with van der Waals surface area (Å²) in [6, 6.07) is 0. The van der Waals surface area contributed by atoms with Gasteiger partial charge in [-0.25, -0.2) is 4.98 Å². The molecule has 2 rings (SSSR count). The molecule has 1 aromatic rings. The third kappa shape index (κ3) is 3.06. The van der Waals surface area contributed by atoms with Crippen molar-refractivity contribution in [3.8, 4) is 0 Å². The second-order valence-electron chi connectivity index (χ2n) is 4.29. The molecule has 5 heteroatoms. The van der Waals surface area contributed by atoms with E-state index >= 15 is 0 Å². The first-order valence-electron chi connectivity index (χ1n) is 6.18. The van der Waals surface area contributed by atoms with Gasteiger partial charge in [0, 0.05) is 26.1 Å². The van der Waals surface area contributed by atoms with E-state index in [1.807, 2.05) is 7.05 Å². The number of aromatic nitrogens is 2. The fraction of sp³-hybridized carbons (Fsp3) is 0.667. The minimum Gasteiger partial charge on any atom is -0.378 e. The lowest BCUT2D eigenvalue weighted by Gasteiger charge is -2.17. The quantitative estimate of drug-likeness (QED) is 0.815. The van der Waals surface area contributed by atoms with Crippen molar-refractivity contribution in [1.82, 2.24) is 9.97 Å². The number of nitrogens with one attached hydrogen (secondary N) is 2. The third-order valence-corrected chi connectivity index (χ3v) is 3.18. The van der Waals surface area contributed by atoms with E-state index in [2.05, 4.69) is 27.5 Å². The van der Waals surface area contributed by atoms with E-state index in [9.17, 15) is 0 Å². The zero-order valence-electron chi connectivity index (χ0n) is 10.4. The Morgan fingerprint density at radius 3 is 3.00 bits per heavy atom. The molecule has 0 bridgehead atoms. The van der Waals surface area contributed by atoms with E-state index in [4.69, 9.17) is 4.74 Å². The third-order valence-electron chi connectivity index (χ3n) is 3.18. The van der Waals surface area contributed by atoms with Crippen LogP contribution < -0.4 is 10.6 Å². The predicted molar refractivity (Wildman–Crippen MR) is 68.2 cm³/mol. The van der Waals surface area contributed by atoms with Crippen LogP contribution in [0.25, 0.3) is 0 Å². The number of ether oxygens (including phenoxy) is 1. The van der Waals surface area contributed by atoms with E-state index in [1.165, 1.54) is 0 Å². The highest BCUT2D eigenvalue weighted by Gasteiger charge is 2.26. The Kier molecular flexibility index (Phi) is 4.14. The van der Waals surface area contributed by atoms with Crippen molar-refractivity contribution in [2.75, 3.05) is 30.8 Å². The molecule has 0 spiro atoms. The summed E-state index contributed by atoms with van der Waals surface area (Å²) in [6.07, 6.45) is 6.05. The molecule has 0 aromatic carbocycles. The number of nitrogens with zero attached hydrogens (tertiary/aromatic N) is 2. The standard InChI is InChI=1S/C12H20N4O/c1-3-10-9(4-5-17-10)6-15-12-8-14-7-11(13-2)16-12/h7-10H,3-6H2,1-2H3,(H2,13,15,16). The number of rotatable bonds is 5. The average molecular weight is 236 g/mol. The largest absolute Gasteiger partial charge is 0.378 e. The Morgan fingerprint density at radius 1 is 1.41 bits per heavy atom. The van der Waals surface area contributed by atoms with Gasteiger partial charge in [0.15, 0.2) is 0 Å². The first-order valence-corrected chi connectivity index (χ1v) is 6.18. The van der Waals surface area contributed by atoms with Gasteiger partial charge in [0.25, 0.3) is 0 Å². The molecule has 2 atom stereocenters. The van der Waals surface area contributed by atoms with Crippen molar-refractivity contribution < 1.29 is 4.74 Å². The highest BCUT2D eigenvalue weighted by molar-refractivity contribution is 5.40. The molecule has 94 valence electrons. The van der Waals surface area contributed by atoms with Crippen LogP contribution in [0.5, 0.6) is 0 Å². The maximum Gasteiger partial charge on any atom is 0.146 e. The highest BCUT2D eigenvalue weighted by atomic mass is 16.5. The van der Waals surface area contributed by atoms with E-state index in [1.54, 1.807) is 12.4 Å². The molecule has 1 aliphatic rings. The van der Waals surface area contributed by atoms with Gasteiger partial charge >= 0.3 is 0 Å². The van der Waals surface area contributed by atoms with Crippen molar-refractivity contribution in [3.63, 3.8) is 0 Å². The number of anilines is 2. The van der Waals surface area contributed by atoms with Gasteiger partial charge in [-0.3, -0.25) is 4.98 Å². The molecule has 1 fully saturated rings. The Labute approximate surface area is 102 Å². The van der Waals surface area contributed by atoms with E-state index < -0.39 is 0 Å². The topological polar surface area (TPSA) is 59.1 Å². The summed E-state index contributed by atoms with van der Waals surface area (Å²) in [5, 5.41) is 6.31. The predicted octanol–water partition coefficient (Wildman–Crippen LogP) is 1.75. The van der Waals surface area contributed by atoms with Crippen molar-refractivity contribution in [3.05, 3.63) is 12.4 Å². The summed E-state index contributed by atoms with van der Waals surface area (Å²) in [4.78, 5) is 8.50. The lowest BCUT2D eigenvalue weighted by atomic mass is 10.00. The summed E-state index contributed by atoms with van der Waals surface area (Å²) in [5.41, 5.74) is 0. The van der Waals surface area contributed by atoms with Crippen LogP contribution in [-0.2, 0) is 4.74 Å². The Bertz CT molecular complexity index is 358. The highest BCUT2D eigenvalue weighted by Crippen LogP contribution is 2.23. The van der Waals surface area contributed by atoms with Gasteiger partial charge in [-0.2, -0.15) is 0 Å². The summed E-state index contributed by atoms with van der Waals surface area (Å²) in [6.45, 7) is 3.96. The van der Waals surface area contributed by atoms with Crippen LogP contribution in [0.2, 0.25) is 0 Å². The first kappa shape index (κ1) is 12.1. The van der Waals surface area contributed by atoms with Gasteiger partial charge in [-0.05, 0) is 12.8 Å². The molecular formula is C12H20N4O. The van der Waals surface area contributed by atoms with Crippen LogP contribution >= 0.6 is 0 Å². The first-order chi connectivity index (χ1) is 8.33. The lowest BCUT2D eigenvalue weighted by molar-refractivity contribution is 0.0900. The van der Waals surface area contributed by atoms with E-state index in [0.29, 0.717) is 12.0 Å². The van der Waals surface area contributed by atoms with Gasteiger partial charge < -0.3 is 15.4 Å². The molecule has 0 aliphatic carbocycles. The maximum atomic E-state index is 5.66. The van der Waals surface area contributed by atoms with Gasteiger partial charge in [0.05, 0.1) is 18.5 Å². The van der Waals surface area contributed by atoms with Gasteiger partial charge in [-0.15, -0.1) is 0 Å². The Hall–Kier alpha value is -1.36. The van der Waals surface area contributed by atoms with Crippen LogP contribution in [0, 0.1) is 5.92 Å². The van der Waals surface area contributed by atoms with E-state index in [-0.39, 0.29) is 0 Å². The number of hydrogen-bond acceptors (Lipinski definition) is 5. The second kappa shape index (κ2) is 5.82. The monoisotopic (exact) mass is 236 g/mol. The minimum absolute atomic E-state index is 0.392. The molecule has 2 N–H and O–H groups in total. The van der Waals surface area contributed by atoms with Gasteiger partial charge in [0.1, 0.15) is 11.6 Å². The minimum atomic E-state index is 0.392. The van der Waals surface area contributed by atoms with Crippen LogP contribution in [0.15, 0.2) is 12.4 Å². The summed E-state index contributed by atoms with van der Waals surface area (Å²) in [7, 11) is 1.84. The zero-order chi connectivity index (χ0) is 12.1. The lowest BCUT2D eigenvalue weighted by Crippen LogP contribution is -2.23. The molecule has 1 aromatic heterocycles. The molecule has 1 saturated heterocycles. The summed E-state index contributed by atoms with van der Waals surface area (Å²) >= 11 is 0. The average Bonchev–Trinajstić information content (AvgIpc) is 2.84. The fourth-order valence-electron chi connectivity index (χ4n) is 2.18. The SMILES string of the molecule is CCC1OCCC1CNc1cncc(NC)n1. The van der Waals surface area contributed by atoms with Crippen molar-refractivity contribution in [1.29, 1.82) is 0 Å². The molecule has 2 unspecified atom stereocenters. The summed E-state index contributed by atoms with van der Waals surface area (Å²) in [5.74, 6) is 2.18. The van der Waals surface area contributed by atoms with E-state index in [0.717, 1.165) is 37.6 Å². The molecule has 2 heterocycles. The van der Waals surface area contributed by atoms with Crippen molar-refractivity contribution in [2.45, 2.75) is 25.9 Å². The molecule has 0 saturated carbocycles. The Morgan fingerprint density at radius 2 is 2.24 bits per heavy atom. The Balaban J connectivity index is 1.88. The molecule has 1 aliphatic heterocycles. The zero-order valence-corrected chi connectivity index (χ0v) is 10.4. The molecular weight excluding hydrogens is 216 g/mol. The van der Waals surface area contributed by atoms with Gasteiger partial charge in [-0.1, -0.05) is 6.92 Å². The maximum absolute atomic E-state index is 5.66. The van der Waals surface area contributed by atoms with Crippen LogP contribution in [0.3, 0.4) is 0 Å². The van der Waals surface area contributed by atoms with Crippen molar-refractivity contribution in [2.24, 2.45) is 5.92 Å². The van der Waals surface area contributed by atoms with Crippen LogP contribution in [0.1, 0.15) is 19.8 Å².